The lowest BCUT2D eigenvalue weighted by molar-refractivity contribution is -0.137. The first-order valence-corrected chi connectivity index (χ1v) is 8.97. The average Bonchev–Trinajstić information content (AvgIpc) is 3.27. The first kappa shape index (κ1) is 19.9. The largest absolute Gasteiger partial charge is 0.416 e. The number of rotatable bonds is 5. The molecule has 0 spiro atoms. The van der Waals surface area contributed by atoms with Gasteiger partial charge in [0.25, 0.3) is 0 Å². The monoisotopic (exact) mass is 395 g/mol. The van der Waals surface area contributed by atoms with Gasteiger partial charge in [-0.1, -0.05) is 19.0 Å². The van der Waals surface area contributed by atoms with Crippen molar-refractivity contribution in [1.82, 2.24) is 5.16 Å². The lowest BCUT2D eigenvalue weighted by Gasteiger charge is -2.24. The number of carbonyl (C=O) groups is 2. The summed E-state index contributed by atoms with van der Waals surface area (Å²) in [4.78, 5) is 26.1. The predicted molar refractivity (Wildman–Crippen MR) is 95.8 cm³/mol. The number of benzene rings is 1. The molecule has 6 nitrogen and oxygen atoms in total. The normalized spacial score (nSPS) is 18.4. The summed E-state index contributed by atoms with van der Waals surface area (Å²) in [7, 11) is 0. The molecule has 2 unspecified atom stereocenters. The fraction of sp³-hybridized carbons (Fsp3) is 0.421. The van der Waals surface area contributed by atoms with Gasteiger partial charge in [0.2, 0.25) is 17.7 Å². The van der Waals surface area contributed by atoms with Gasteiger partial charge in [0, 0.05) is 24.1 Å². The maximum absolute atomic E-state index is 12.7. The maximum Gasteiger partial charge on any atom is 0.416 e. The van der Waals surface area contributed by atoms with Crippen LogP contribution in [0.15, 0.2) is 34.9 Å². The van der Waals surface area contributed by atoms with Crippen LogP contribution < -0.4 is 10.2 Å². The Morgan fingerprint density at radius 3 is 2.64 bits per heavy atom. The number of hydrogen-bond acceptors (Lipinski definition) is 4. The van der Waals surface area contributed by atoms with Gasteiger partial charge in [-0.05, 0) is 37.1 Å². The molecule has 1 aliphatic heterocycles. The quantitative estimate of drug-likeness (QED) is 0.817. The molecule has 2 atom stereocenters. The van der Waals surface area contributed by atoms with Crippen LogP contribution >= 0.6 is 0 Å². The highest BCUT2D eigenvalue weighted by Crippen LogP contribution is 2.33. The number of halogens is 3. The summed E-state index contributed by atoms with van der Waals surface area (Å²) in [6, 6.07) is 4.98. The molecular formula is C19H20F3N3O3. The molecule has 1 aromatic heterocycles. The van der Waals surface area contributed by atoms with Gasteiger partial charge in [-0.25, -0.2) is 0 Å². The van der Waals surface area contributed by atoms with Crippen LogP contribution in [0.25, 0.3) is 0 Å². The minimum Gasteiger partial charge on any atom is -0.338 e. The molecule has 1 N–H and O–H groups in total. The number of alkyl halides is 3. The van der Waals surface area contributed by atoms with Gasteiger partial charge in [-0.15, -0.1) is 0 Å². The van der Waals surface area contributed by atoms with Crippen molar-refractivity contribution in [1.29, 1.82) is 0 Å². The van der Waals surface area contributed by atoms with Gasteiger partial charge in [-0.3, -0.25) is 19.8 Å². The van der Waals surface area contributed by atoms with Crippen LogP contribution in [-0.4, -0.2) is 23.0 Å². The minimum absolute atomic E-state index is 0.133. The van der Waals surface area contributed by atoms with Crippen molar-refractivity contribution in [3.05, 3.63) is 41.6 Å². The molecule has 1 aromatic carbocycles. The van der Waals surface area contributed by atoms with E-state index >= 15 is 0 Å². The third kappa shape index (κ3) is 4.02. The van der Waals surface area contributed by atoms with E-state index in [9.17, 15) is 22.8 Å². The summed E-state index contributed by atoms with van der Waals surface area (Å²) in [5, 5.41) is 6.51. The Kier molecular flexibility index (Phi) is 5.44. The van der Waals surface area contributed by atoms with Crippen molar-refractivity contribution >= 4 is 23.4 Å². The van der Waals surface area contributed by atoms with Gasteiger partial charge < -0.3 is 4.52 Å². The second kappa shape index (κ2) is 7.65. The Morgan fingerprint density at radius 1 is 1.36 bits per heavy atom. The van der Waals surface area contributed by atoms with Crippen LogP contribution in [0.4, 0.5) is 24.7 Å². The molecule has 28 heavy (non-hydrogen) atoms. The predicted octanol–water partition coefficient (Wildman–Crippen LogP) is 4.34. The molecule has 0 aliphatic carbocycles. The number of aromatic nitrogens is 1. The molecule has 0 radical (unpaired) electrons. The van der Waals surface area contributed by atoms with Gasteiger partial charge >= 0.3 is 6.18 Å². The minimum atomic E-state index is -4.47. The highest BCUT2D eigenvalue weighted by Gasteiger charge is 2.38. The zero-order valence-corrected chi connectivity index (χ0v) is 15.4. The van der Waals surface area contributed by atoms with Crippen molar-refractivity contribution in [3.63, 3.8) is 0 Å². The van der Waals surface area contributed by atoms with Crippen LogP contribution in [0.2, 0.25) is 0 Å². The Morgan fingerprint density at radius 2 is 2.04 bits per heavy atom. The first-order chi connectivity index (χ1) is 13.2. The number of carbonyl (C=O) groups excluding carboxylic acids is 2. The number of anilines is 2. The summed E-state index contributed by atoms with van der Waals surface area (Å²) in [5.41, 5.74) is 0.136. The molecule has 150 valence electrons. The summed E-state index contributed by atoms with van der Waals surface area (Å²) in [6.45, 7) is 3.98. The fourth-order valence-corrected chi connectivity index (χ4v) is 3.06. The third-order valence-electron chi connectivity index (χ3n) is 4.88. The molecule has 2 amide bonds. The zero-order chi connectivity index (χ0) is 20.5. The van der Waals surface area contributed by atoms with Gasteiger partial charge in [0.1, 0.15) is 6.04 Å². The summed E-state index contributed by atoms with van der Waals surface area (Å²) in [5.74, 6) is -0.450. The Balaban J connectivity index is 1.76. The molecule has 1 saturated heterocycles. The molecular weight excluding hydrogens is 375 g/mol. The Hall–Kier alpha value is -2.84. The number of amides is 2. The number of hydrogen-bond donors (Lipinski definition) is 1. The van der Waals surface area contributed by atoms with Crippen molar-refractivity contribution in [3.8, 4) is 0 Å². The van der Waals surface area contributed by atoms with Crippen LogP contribution in [0, 0.1) is 0 Å². The van der Waals surface area contributed by atoms with Crippen molar-refractivity contribution < 1.29 is 27.3 Å². The van der Waals surface area contributed by atoms with Crippen LogP contribution in [0.3, 0.4) is 0 Å². The van der Waals surface area contributed by atoms with Crippen LogP contribution in [0.1, 0.15) is 50.3 Å². The van der Waals surface area contributed by atoms with E-state index in [1.807, 2.05) is 13.8 Å². The van der Waals surface area contributed by atoms with Crippen LogP contribution in [-0.2, 0) is 15.8 Å². The second-order valence-electron chi connectivity index (χ2n) is 6.78. The van der Waals surface area contributed by atoms with E-state index in [0.717, 1.165) is 18.6 Å². The molecule has 2 heterocycles. The summed E-state index contributed by atoms with van der Waals surface area (Å²) < 4.78 is 43.4. The highest BCUT2D eigenvalue weighted by molar-refractivity contribution is 6.07. The van der Waals surface area contributed by atoms with E-state index in [2.05, 4.69) is 10.5 Å². The number of nitrogens with one attached hydrogen (secondary N) is 1. The van der Waals surface area contributed by atoms with E-state index in [4.69, 9.17) is 4.52 Å². The zero-order valence-electron chi connectivity index (χ0n) is 15.4. The van der Waals surface area contributed by atoms with E-state index in [1.54, 1.807) is 6.07 Å². The molecule has 0 bridgehead atoms. The fourth-order valence-electron chi connectivity index (χ4n) is 3.06. The molecule has 0 saturated carbocycles. The maximum atomic E-state index is 12.7. The Labute approximate surface area is 159 Å². The third-order valence-corrected chi connectivity index (χ3v) is 4.88. The van der Waals surface area contributed by atoms with Crippen LogP contribution in [0.5, 0.6) is 0 Å². The molecule has 1 aliphatic rings. The van der Waals surface area contributed by atoms with Gasteiger partial charge in [-0.2, -0.15) is 13.2 Å². The highest BCUT2D eigenvalue weighted by atomic mass is 19.4. The lowest BCUT2D eigenvalue weighted by atomic mass is 10.1. The Bertz CT molecular complexity index is 861. The van der Waals surface area contributed by atoms with Gasteiger partial charge in [0.15, 0.2) is 0 Å². The topological polar surface area (TPSA) is 75.4 Å². The summed E-state index contributed by atoms with van der Waals surface area (Å²) >= 11 is 0. The van der Waals surface area contributed by atoms with Crippen molar-refractivity contribution in [2.24, 2.45) is 0 Å². The second-order valence-corrected chi connectivity index (χ2v) is 6.78. The van der Waals surface area contributed by atoms with Crippen molar-refractivity contribution in [2.75, 3.05) is 10.2 Å². The molecule has 1 fully saturated rings. The van der Waals surface area contributed by atoms with Gasteiger partial charge in [0.05, 0.1) is 11.3 Å². The van der Waals surface area contributed by atoms with Crippen molar-refractivity contribution in [2.45, 2.75) is 51.2 Å². The average molecular weight is 395 g/mol. The molecule has 2 aromatic rings. The summed E-state index contributed by atoms with van der Waals surface area (Å²) in [6.07, 6.45) is -3.21. The first-order valence-electron chi connectivity index (χ1n) is 8.97. The molecule has 3 rings (SSSR count). The number of nitrogens with zero attached hydrogens (tertiary/aromatic N) is 2. The van der Waals surface area contributed by atoms with E-state index in [-0.39, 0.29) is 36.2 Å². The SMILES string of the molecule is CCC(C)c1cc(NC(=O)C2CCC(=O)N2c2ccc(C(F)(F)F)cc2)on1. The molecule has 9 heteroatoms. The lowest BCUT2D eigenvalue weighted by Crippen LogP contribution is -2.41. The standard InChI is InChI=1S/C19H20F3N3O3/c1-3-11(2)14-10-16(28-24-14)23-18(27)15-8-9-17(26)25(15)13-6-4-12(5-7-13)19(20,21)22/h4-7,10-11,15H,3,8-9H2,1-2H3,(H,23,27). The van der Waals surface area contributed by atoms with E-state index in [1.165, 1.54) is 17.0 Å². The van der Waals surface area contributed by atoms with E-state index < -0.39 is 23.7 Å². The van der Waals surface area contributed by atoms with E-state index in [0.29, 0.717) is 5.69 Å². The smallest absolute Gasteiger partial charge is 0.338 e.